The fourth-order valence-corrected chi connectivity index (χ4v) is 2.76. The van der Waals surface area contributed by atoms with Crippen molar-refractivity contribution in [2.45, 2.75) is 54.0 Å². The molecular formula is C14H26N2. The lowest BCUT2D eigenvalue weighted by atomic mass is 9.81. The van der Waals surface area contributed by atoms with E-state index in [9.17, 15) is 0 Å². The number of aromatic nitrogens is 2. The third kappa shape index (κ3) is 2.87. The van der Waals surface area contributed by atoms with E-state index in [0.717, 1.165) is 24.3 Å². The van der Waals surface area contributed by atoms with Gasteiger partial charge in [-0.3, -0.25) is 4.68 Å². The molecule has 1 aromatic heterocycles. The van der Waals surface area contributed by atoms with Crippen molar-refractivity contribution >= 4 is 0 Å². The molecule has 0 bridgehead atoms. The second kappa shape index (κ2) is 6.07. The number of fused-ring (bicyclic) bond motifs is 1. The Kier molecular flexibility index (Phi) is 5.04. The van der Waals surface area contributed by atoms with Gasteiger partial charge in [-0.2, -0.15) is 5.10 Å². The minimum Gasteiger partial charge on any atom is -0.270 e. The number of hydrogen-bond donors (Lipinski definition) is 0. The Labute approximate surface area is 100 Å². The first kappa shape index (κ1) is 13.3. The largest absolute Gasteiger partial charge is 0.270 e. The number of hydrogen-bond acceptors (Lipinski definition) is 1. The van der Waals surface area contributed by atoms with E-state index in [-0.39, 0.29) is 0 Å². The van der Waals surface area contributed by atoms with Crippen LogP contribution >= 0.6 is 0 Å². The third-order valence-corrected chi connectivity index (χ3v) is 3.60. The molecule has 2 heterocycles. The Hall–Kier alpha value is -0.790. The highest BCUT2D eigenvalue weighted by Gasteiger charge is 2.25. The van der Waals surface area contributed by atoms with Gasteiger partial charge in [0.05, 0.1) is 0 Å². The molecule has 0 N–H and O–H groups in total. The van der Waals surface area contributed by atoms with Crippen molar-refractivity contribution in [3.05, 3.63) is 18.0 Å². The van der Waals surface area contributed by atoms with Crippen molar-refractivity contribution in [1.82, 2.24) is 9.78 Å². The smallest absolute Gasteiger partial charge is 0.0492 e. The molecule has 0 amide bonds. The van der Waals surface area contributed by atoms with Crippen molar-refractivity contribution in [2.75, 3.05) is 0 Å². The second-order valence-corrected chi connectivity index (χ2v) is 4.92. The summed E-state index contributed by atoms with van der Waals surface area (Å²) in [6.07, 6.45) is 4.41. The Morgan fingerprint density at radius 2 is 2.06 bits per heavy atom. The van der Waals surface area contributed by atoms with Crippen LogP contribution in [0.5, 0.6) is 0 Å². The normalized spacial score (nSPS) is 24.4. The van der Waals surface area contributed by atoms with Crippen molar-refractivity contribution in [1.29, 1.82) is 0 Å². The summed E-state index contributed by atoms with van der Waals surface area (Å²) in [6, 6.07) is 2.17. The van der Waals surface area contributed by atoms with Crippen molar-refractivity contribution in [2.24, 2.45) is 17.8 Å². The molecule has 16 heavy (non-hydrogen) atoms. The summed E-state index contributed by atoms with van der Waals surface area (Å²) in [5.41, 5.74) is 1.42. The van der Waals surface area contributed by atoms with Crippen molar-refractivity contribution in [3.63, 3.8) is 0 Å². The van der Waals surface area contributed by atoms with E-state index in [2.05, 4.69) is 36.6 Å². The Morgan fingerprint density at radius 3 is 2.69 bits per heavy atom. The van der Waals surface area contributed by atoms with E-state index in [4.69, 9.17) is 0 Å². The van der Waals surface area contributed by atoms with E-state index in [1.807, 2.05) is 20.0 Å². The van der Waals surface area contributed by atoms with Gasteiger partial charge in [0.2, 0.25) is 0 Å². The molecule has 92 valence electrons. The predicted octanol–water partition coefficient (Wildman–Crippen LogP) is 3.76. The molecule has 1 aliphatic rings. The van der Waals surface area contributed by atoms with E-state index in [1.54, 1.807) is 0 Å². The maximum absolute atomic E-state index is 4.36. The van der Waals surface area contributed by atoms with E-state index >= 15 is 0 Å². The highest BCUT2D eigenvalue weighted by Crippen LogP contribution is 2.30. The van der Waals surface area contributed by atoms with Crippen LogP contribution in [0.25, 0.3) is 0 Å². The molecule has 2 rings (SSSR count). The zero-order valence-corrected chi connectivity index (χ0v) is 11.4. The van der Waals surface area contributed by atoms with Gasteiger partial charge < -0.3 is 0 Å². The molecule has 0 saturated heterocycles. The van der Waals surface area contributed by atoms with Crippen molar-refractivity contribution < 1.29 is 0 Å². The van der Waals surface area contributed by atoms with Gasteiger partial charge in [0.25, 0.3) is 0 Å². The minimum atomic E-state index is 0.799. The van der Waals surface area contributed by atoms with E-state index in [0.29, 0.717) is 0 Å². The lowest BCUT2D eigenvalue weighted by molar-refractivity contribution is 0.254. The van der Waals surface area contributed by atoms with Gasteiger partial charge in [-0.05, 0) is 36.7 Å². The van der Waals surface area contributed by atoms with Gasteiger partial charge in [-0.15, -0.1) is 0 Å². The molecule has 0 fully saturated rings. The quantitative estimate of drug-likeness (QED) is 0.707. The topological polar surface area (TPSA) is 17.8 Å². The third-order valence-electron chi connectivity index (χ3n) is 3.60. The molecule has 0 spiro atoms. The van der Waals surface area contributed by atoms with Crippen LogP contribution in [0.1, 0.15) is 46.7 Å². The molecule has 0 saturated carbocycles. The zero-order chi connectivity index (χ0) is 12.1. The molecular weight excluding hydrogens is 196 g/mol. The molecule has 1 aromatic rings. The fourth-order valence-electron chi connectivity index (χ4n) is 2.76. The first-order valence-corrected chi connectivity index (χ1v) is 6.69. The maximum atomic E-state index is 4.36. The van der Waals surface area contributed by atoms with Crippen LogP contribution in [0, 0.1) is 17.8 Å². The SMILES string of the molecule is CC.CC(C)C1CCn2nccc2CC1C. The highest BCUT2D eigenvalue weighted by molar-refractivity contribution is 5.03. The summed E-state index contributed by atoms with van der Waals surface area (Å²) in [5, 5.41) is 4.36. The number of rotatable bonds is 1. The lowest BCUT2D eigenvalue weighted by Crippen LogP contribution is -2.18. The van der Waals surface area contributed by atoms with Crippen LogP contribution in [0.3, 0.4) is 0 Å². The summed E-state index contributed by atoms with van der Waals surface area (Å²) < 4.78 is 2.18. The highest BCUT2D eigenvalue weighted by atomic mass is 15.3. The summed E-state index contributed by atoms with van der Waals surface area (Å²) in [7, 11) is 0. The minimum absolute atomic E-state index is 0.799. The molecule has 0 radical (unpaired) electrons. The Bertz CT molecular complexity index is 301. The summed E-state index contributed by atoms with van der Waals surface area (Å²) in [5.74, 6) is 2.46. The Morgan fingerprint density at radius 1 is 1.38 bits per heavy atom. The molecule has 2 heteroatoms. The fraction of sp³-hybridized carbons (Fsp3) is 0.786. The van der Waals surface area contributed by atoms with Crippen LogP contribution in [-0.2, 0) is 13.0 Å². The number of aryl methyl sites for hydroxylation is 1. The van der Waals surface area contributed by atoms with Crippen LogP contribution < -0.4 is 0 Å². The van der Waals surface area contributed by atoms with Crippen LogP contribution in [-0.4, -0.2) is 9.78 Å². The van der Waals surface area contributed by atoms with Crippen LogP contribution in [0.2, 0.25) is 0 Å². The monoisotopic (exact) mass is 222 g/mol. The van der Waals surface area contributed by atoms with Crippen molar-refractivity contribution in [3.8, 4) is 0 Å². The summed E-state index contributed by atoms with van der Waals surface area (Å²) in [6.45, 7) is 12.2. The van der Waals surface area contributed by atoms with Gasteiger partial charge in [0, 0.05) is 18.4 Å². The lowest BCUT2D eigenvalue weighted by Gasteiger charge is -2.24. The maximum Gasteiger partial charge on any atom is 0.0492 e. The zero-order valence-electron chi connectivity index (χ0n) is 11.4. The molecule has 0 aromatic carbocycles. The van der Waals surface area contributed by atoms with Gasteiger partial charge >= 0.3 is 0 Å². The summed E-state index contributed by atoms with van der Waals surface area (Å²) >= 11 is 0. The van der Waals surface area contributed by atoms with E-state index < -0.39 is 0 Å². The molecule has 0 aliphatic carbocycles. The molecule has 2 unspecified atom stereocenters. The molecule has 2 atom stereocenters. The molecule has 1 aliphatic heterocycles. The predicted molar refractivity (Wildman–Crippen MR) is 69.4 cm³/mol. The van der Waals surface area contributed by atoms with Crippen LogP contribution in [0.15, 0.2) is 12.3 Å². The van der Waals surface area contributed by atoms with Gasteiger partial charge in [-0.25, -0.2) is 0 Å². The van der Waals surface area contributed by atoms with Crippen LogP contribution in [0.4, 0.5) is 0 Å². The van der Waals surface area contributed by atoms with Gasteiger partial charge in [0.15, 0.2) is 0 Å². The second-order valence-electron chi connectivity index (χ2n) is 4.92. The first-order valence-electron chi connectivity index (χ1n) is 6.69. The first-order chi connectivity index (χ1) is 7.68. The average molecular weight is 222 g/mol. The number of nitrogens with zero attached hydrogens (tertiary/aromatic N) is 2. The Balaban J connectivity index is 0.000000606. The average Bonchev–Trinajstić information content (AvgIpc) is 2.62. The van der Waals surface area contributed by atoms with E-state index in [1.165, 1.54) is 18.5 Å². The summed E-state index contributed by atoms with van der Waals surface area (Å²) in [4.78, 5) is 0. The van der Waals surface area contributed by atoms with Gasteiger partial charge in [-0.1, -0.05) is 34.6 Å². The standard InChI is InChI=1S/C12H20N2.C2H6/c1-9(2)12-5-7-14-11(4-6-13-14)8-10(12)3;1-2/h4,6,9-10,12H,5,7-8H2,1-3H3;1-2H3. The molecule has 2 nitrogen and oxygen atoms in total. The van der Waals surface area contributed by atoms with Gasteiger partial charge in [0.1, 0.15) is 0 Å².